The Morgan fingerprint density at radius 3 is 2.91 bits per heavy atom. The van der Waals surface area contributed by atoms with Gasteiger partial charge in [-0.2, -0.15) is 0 Å². The van der Waals surface area contributed by atoms with Crippen LogP contribution < -0.4 is 5.73 Å². The topological polar surface area (TPSA) is 43.1 Å². The van der Waals surface area contributed by atoms with Gasteiger partial charge >= 0.3 is 0 Å². The van der Waals surface area contributed by atoms with Crippen molar-refractivity contribution in [2.75, 3.05) is 0 Å². The zero-order valence-electron chi connectivity index (χ0n) is 5.71. The summed E-state index contributed by atoms with van der Waals surface area (Å²) < 4.78 is 1.06. The summed E-state index contributed by atoms with van der Waals surface area (Å²) in [7, 11) is 0. The lowest BCUT2D eigenvalue weighted by atomic mass is 10.2. The van der Waals surface area contributed by atoms with E-state index >= 15 is 0 Å². The van der Waals surface area contributed by atoms with E-state index in [2.05, 4.69) is 15.9 Å². The maximum absolute atomic E-state index is 10.1. The summed E-state index contributed by atoms with van der Waals surface area (Å²) in [6.07, 6.45) is 2.32. The highest BCUT2D eigenvalue weighted by atomic mass is 79.9. The van der Waals surface area contributed by atoms with E-state index in [1.807, 2.05) is 12.1 Å². The SMILES string of the molecule is N[C@H]([C]=O)Cc1ccc(Br)s1. The number of rotatable bonds is 3. The monoisotopic (exact) mass is 232 g/mol. The first-order chi connectivity index (χ1) is 5.22. The molecule has 0 saturated heterocycles. The molecule has 0 aliphatic rings. The van der Waals surface area contributed by atoms with Crippen LogP contribution in [0.15, 0.2) is 15.9 Å². The molecule has 1 radical (unpaired) electrons. The third kappa shape index (κ3) is 2.73. The third-order valence-electron chi connectivity index (χ3n) is 1.20. The van der Waals surface area contributed by atoms with E-state index < -0.39 is 6.04 Å². The highest BCUT2D eigenvalue weighted by Gasteiger charge is 2.04. The van der Waals surface area contributed by atoms with Crippen LogP contribution in [-0.2, 0) is 11.2 Å². The van der Waals surface area contributed by atoms with Crippen molar-refractivity contribution in [2.24, 2.45) is 5.73 Å². The predicted molar refractivity (Wildman–Crippen MR) is 49.4 cm³/mol. The van der Waals surface area contributed by atoms with Crippen molar-refractivity contribution in [1.29, 1.82) is 0 Å². The van der Waals surface area contributed by atoms with Crippen molar-refractivity contribution >= 4 is 33.6 Å². The number of halogens is 1. The van der Waals surface area contributed by atoms with Gasteiger partial charge in [-0.15, -0.1) is 11.3 Å². The van der Waals surface area contributed by atoms with E-state index in [4.69, 9.17) is 5.73 Å². The summed E-state index contributed by atoms with van der Waals surface area (Å²) in [4.78, 5) is 11.2. The molecule has 0 aromatic carbocycles. The maximum atomic E-state index is 10.1. The average Bonchev–Trinajstić information content (AvgIpc) is 2.35. The predicted octanol–water partition coefficient (Wildman–Crippen LogP) is 1.49. The molecule has 1 atom stereocenters. The Balaban J connectivity index is 2.57. The Morgan fingerprint density at radius 2 is 2.45 bits per heavy atom. The van der Waals surface area contributed by atoms with E-state index in [0.29, 0.717) is 6.42 Å². The van der Waals surface area contributed by atoms with Crippen LogP contribution in [0, 0.1) is 0 Å². The van der Waals surface area contributed by atoms with Gasteiger partial charge in [-0.25, -0.2) is 0 Å². The molecule has 0 saturated carbocycles. The van der Waals surface area contributed by atoms with Gasteiger partial charge in [0.25, 0.3) is 0 Å². The van der Waals surface area contributed by atoms with Crippen LogP contribution in [0.2, 0.25) is 0 Å². The number of hydrogen-bond acceptors (Lipinski definition) is 3. The zero-order valence-corrected chi connectivity index (χ0v) is 8.11. The molecule has 1 aromatic rings. The Morgan fingerprint density at radius 1 is 1.73 bits per heavy atom. The van der Waals surface area contributed by atoms with Gasteiger partial charge in [-0.1, -0.05) is 0 Å². The Kier molecular flexibility index (Phi) is 3.23. The van der Waals surface area contributed by atoms with Gasteiger partial charge in [0.1, 0.15) is 0 Å². The highest BCUT2D eigenvalue weighted by Crippen LogP contribution is 2.22. The fourth-order valence-electron chi connectivity index (χ4n) is 0.720. The maximum Gasteiger partial charge on any atom is 0.217 e. The van der Waals surface area contributed by atoms with Crippen molar-refractivity contribution < 1.29 is 4.79 Å². The standard InChI is InChI=1S/C7H7BrNOS/c8-7-2-1-6(11-7)3-5(9)4-10/h1-2,5H,3,9H2/t5-/m0/s1. The summed E-state index contributed by atoms with van der Waals surface area (Å²) in [5, 5.41) is 0. The molecule has 11 heavy (non-hydrogen) atoms. The molecule has 1 rings (SSSR count). The van der Waals surface area contributed by atoms with Crippen LogP contribution in [0.4, 0.5) is 0 Å². The Bertz CT molecular complexity index is 248. The first-order valence-electron chi connectivity index (χ1n) is 3.10. The van der Waals surface area contributed by atoms with Crippen molar-refractivity contribution in [3.8, 4) is 0 Å². The fourth-order valence-corrected chi connectivity index (χ4v) is 2.26. The number of nitrogens with two attached hydrogens (primary N) is 1. The van der Waals surface area contributed by atoms with Crippen LogP contribution in [0.1, 0.15) is 4.88 Å². The molecule has 59 valence electrons. The van der Waals surface area contributed by atoms with Crippen LogP contribution in [-0.4, -0.2) is 12.3 Å². The minimum absolute atomic E-state index is 0.486. The molecule has 0 amide bonds. The summed E-state index contributed by atoms with van der Waals surface area (Å²) in [5.41, 5.74) is 5.38. The second-order valence-electron chi connectivity index (χ2n) is 2.13. The van der Waals surface area contributed by atoms with E-state index in [9.17, 15) is 4.79 Å². The fraction of sp³-hybridized carbons (Fsp3) is 0.286. The number of hydrogen-bond donors (Lipinski definition) is 1. The molecule has 0 spiro atoms. The molecule has 0 aliphatic carbocycles. The van der Waals surface area contributed by atoms with E-state index in [-0.39, 0.29) is 0 Å². The molecule has 1 heterocycles. The molecular weight excluding hydrogens is 226 g/mol. The minimum Gasteiger partial charge on any atom is -0.321 e. The first kappa shape index (κ1) is 8.90. The third-order valence-corrected chi connectivity index (χ3v) is 2.85. The van der Waals surface area contributed by atoms with E-state index in [1.54, 1.807) is 17.6 Å². The van der Waals surface area contributed by atoms with E-state index in [0.717, 1.165) is 8.66 Å². The summed E-state index contributed by atoms with van der Waals surface area (Å²) in [6, 6.07) is 3.41. The molecule has 0 fully saturated rings. The Labute approximate surface area is 77.5 Å². The van der Waals surface area contributed by atoms with Gasteiger partial charge in [-0.05, 0) is 28.1 Å². The first-order valence-corrected chi connectivity index (χ1v) is 4.71. The highest BCUT2D eigenvalue weighted by molar-refractivity contribution is 9.11. The minimum atomic E-state index is -0.486. The molecular formula is C7H7BrNOS. The van der Waals surface area contributed by atoms with Gasteiger partial charge < -0.3 is 5.73 Å². The van der Waals surface area contributed by atoms with E-state index in [1.165, 1.54) is 0 Å². The van der Waals surface area contributed by atoms with Gasteiger partial charge in [-0.3, -0.25) is 4.79 Å². The lowest BCUT2D eigenvalue weighted by molar-refractivity contribution is 0.541. The zero-order chi connectivity index (χ0) is 8.27. The van der Waals surface area contributed by atoms with Crippen molar-refractivity contribution in [1.82, 2.24) is 0 Å². The lowest BCUT2D eigenvalue weighted by Gasteiger charge is -1.97. The summed E-state index contributed by atoms with van der Waals surface area (Å²) in [5.74, 6) is 0. The molecule has 0 aliphatic heterocycles. The van der Waals surface area contributed by atoms with Gasteiger partial charge in [0.2, 0.25) is 6.29 Å². The number of carbonyl (C=O) groups excluding carboxylic acids is 1. The largest absolute Gasteiger partial charge is 0.321 e. The second kappa shape index (κ2) is 3.99. The van der Waals surface area contributed by atoms with Crippen LogP contribution in [0.25, 0.3) is 0 Å². The van der Waals surface area contributed by atoms with Gasteiger partial charge in [0, 0.05) is 11.3 Å². The van der Waals surface area contributed by atoms with Gasteiger partial charge in [0.15, 0.2) is 0 Å². The van der Waals surface area contributed by atoms with Crippen molar-refractivity contribution in [3.05, 3.63) is 20.8 Å². The molecule has 4 heteroatoms. The number of thiophene rings is 1. The molecule has 1 aromatic heterocycles. The normalized spacial score (nSPS) is 12.9. The molecule has 2 N–H and O–H groups in total. The van der Waals surface area contributed by atoms with Crippen molar-refractivity contribution in [2.45, 2.75) is 12.5 Å². The summed E-state index contributed by atoms with van der Waals surface area (Å²) >= 11 is 4.91. The smallest absolute Gasteiger partial charge is 0.217 e. The lowest BCUT2D eigenvalue weighted by Crippen LogP contribution is -2.23. The molecule has 2 nitrogen and oxygen atoms in total. The second-order valence-corrected chi connectivity index (χ2v) is 4.68. The summed E-state index contributed by atoms with van der Waals surface area (Å²) in [6.45, 7) is 0. The van der Waals surface area contributed by atoms with Crippen LogP contribution >= 0.6 is 27.3 Å². The quantitative estimate of drug-likeness (QED) is 0.859. The van der Waals surface area contributed by atoms with Gasteiger partial charge in [0.05, 0.1) is 9.83 Å². The van der Waals surface area contributed by atoms with Crippen LogP contribution in [0.3, 0.4) is 0 Å². The molecule has 0 unspecified atom stereocenters. The Hall–Kier alpha value is -0.190. The average molecular weight is 233 g/mol. The molecule has 0 bridgehead atoms. The van der Waals surface area contributed by atoms with Crippen molar-refractivity contribution in [3.63, 3.8) is 0 Å². The van der Waals surface area contributed by atoms with Crippen LogP contribution in [0.5, 0.6) is 0 Å².